The summed E-state index contributed by atoms with van der Waals surface area (Å²) in [6.07, 6.45) is 7.24. The fourth-order valence-corrected chi connectivity index (χ4v) is 1.73. The summed E-state index contributed by atoms with van der Waals surface area (Å²) in [6.45, 7) is 0. The number of hydrogen-bond acceptors (Lipinski definition) is 3. The Hall–Kier alpha value is -2.29. The first-order chi connectivity index (χ1) is 8.72. The van der Waals surface area contributed by atoms with E-state index in [4.69, 9.17) is 4.74 Å². The van der Waals surface area contributed by atoms with E-state index in [1.54, 1.807) is 20.2 Å². The molecular weight excluding hydrogens is 226 g/mol. The first-order valence-corrected chi connectivity index (χ1v) is 5.70. The van der Waals surface area contributed by atoms with Crippen molar-refractivity contribution in [3.8, 4) is 5.75 Å². The Labute approximate surface area is 106 Å². The van der Waals surface area contributed by atoms with Crippen molar-refractivity contribution < 1.29 is 9.53 Å². The summed E-state index contributed by atoms with van der Waals surface area (Å²) in [7, 11) is 3.39. The van der Waals surface area contributed by atoms with E-state index in [0.717, 1.165) is 16.9 Å². The summed E-state index contributed by atoms with van der Waals surface area (Å²) in [5, 5.41) is 2.89. The zero-order valence-electron chi connectivity index (χ0n) is 10.4. The zero-order valence-corrected chi connectivity index (χ0v) is 10.4. The summed E-state index contributed by atoms with van der Waals surface area (Å²) in [4.78, 5) is 11.4. The van der Waals surface area contributed by atoms with Crippen LogP contribution in [0.4, 0.5) is 0 Å². The number of nitrogens with one attached hydrogen (secondary N) is 1. The Morgan fingerprint density at radius 1 is 1.17 bits per heavy atom. The second-order valence-electron chi connectivity index (χ2n) is 3.92. The molecule has 0 aromatic heterocycles. The Bertz CT molecular complexity index is 536. The SMILES string of the molecule is CNC1=CC(=Cc2ccc(OC)cc2)C=CC1=O. The molecule has 2 rings (SSSR count). The van der Waals surface area contributed by atoms with Crippen molar-refractivity contribution in [2.45, 2.75) is 0 Å². The second-order valence-corrected chi connectivity index (χ2v) is 3.92. The van der Waals surface area contributed by atoms with Crippen molar-refractivity contribution in [3.63, 3.8) is 0 Å². The van der Waals surface area contributed by atoms with Crippen molar-refractivity contribution in [2.24, 2.45) is 0 Å². The van der Waals surface area contributed by atoms with E-state index in [1.165, 1.54) is 0 Å². The molecule has 92 valence electrons. The van der Waals surface area contributed by atoms with Gasteiger partial charge >= 0.3 is 0 Å². The Balaban J connectivity index is 2.25. The van der Waals surface area contributed by atoms with Crippen LogP contribution in [0.2, 0.25) is 0 Å². The monoisotopic (exact) mass is 241 g/mol. The van der Waals surface area contributed by atoms with Crippen LogP contribution in [0.3, 0.4) is 0 Å². The van der Waals surface area contributed by atoms with Crippen LogP contribution in [0.5, 0.6) is 5.75 Å². The minimum Gasteiger partial charge on any atom is -0.497 e. The zero-order chi connectivity index (χ0) is 13.0. The van der Waals surface area contributed by atoms with Gasteiger partial charge in [-0.15, -0.1) is 0 Å². The standard InChI is InChI=1S/C15H15NO2/c1-16-14-10-12(5-8-15(14)17)9-11-3-6-13(18-2)7-4-11/h3-10,16H,1-2H3. The van der Waals surface area contributed by atoms with Crippen molar-refractivity contribution in [1.29, 1.82) is 0 Å². The van der Waals surface area contributed by atoms with Crippen molar-refractivity contribution in [1.82, 2.24) is 5.32 Å². The Morgan fingerprint density at radius 2 is 1.89 bits per heavy atom. The molecule has 1 N–H and O–H groups in total. The molecule has 0 amide bonds. The lowest BCUT2D eigenvalue weighted by Crippen LogP contribution is -2.16. The number of benzene rings is 1. The van der Waals surface area contributed by atoms with Gasteiger partial charge < -0.3 is 10.1 Å². The molecule has 18 heavy (non-hydrogen) atoms. The number of ether oxygens (including phenoxy) is 1. The highest BCUT2D eigenvalue weighted by molar-refractivity contribution is 6.06. The van der Waals surface area contributed by atoms with Crippen molar-refractivity contribution in [2.75, 3.05) is 14.2 Å². The average Bonchev–Trinajstić information content (AvgIpc) is 2.42. The van der Waals surface area contributed by atoms with Crippen LogP contribution in [0, 0.1) is 0 Å². The number of carbonyl (C=O) groups is 1. The van der Waals surface area contributed by atoms with Gasteiger partial charge in [0.15, 0.2) is 0 Å². The maximum absolute atomic E-state index is 11.4. The first-order valence-electron chi connectivity index (χ1n) is 5.70. The number of allylic oxidation sites excluding steroid dienone is 4. The molecule has 1 aromatic rings. The quantitative estimate of drug-likeness (QED) is 0.882. The van der Waals surface area contributed by atoms with E-state index in [-0.39, 0.29) is 5.78 Å². The van der Waals surface area contributed by atoms with Gasteiger partial charge in [0, 0.05) is 7.05 Å². The van der Waals surface area contributed by atoms with E-state index >= 15 is 0 Å². The van der Waals surface area contributed by atoms with E-state index in [2.05, 4.69) is 5.32 Å². The maximum Gasteiger partial charge on any atom is 0.201 e. The van der Waals surface area contributed by atoms with Crippen LogP contribution < -0.4 is 10.1 Å². The van der Waals surface area contributed by atoms with Gasteiger partial charge in [0.1, 0.15) is 5.75 Å². The van der Waals surface area contributed by atoms with Crippen LogP contribution in [-0.4, -0.2) is 19.9 Å². The molecule has 0 fully saturated rings. The molecule has 0 bridgehead atoms. The molecule has 3 heteroatoms. The Morgan fingerprint density at radius 3 is 2.50 bits per heavy atom. The molecule has 1 aromatic carbocycles. The molecule has 0 saturated carbocycles. The van der Waals surface area contributed by atoms with E-state index in [9.17, 15) is 4.79 Å². The van der Waals surface area contributed by atoms with Gasteiger partial charge in [0.25, 0.3) is 0 Å². The lowest BCUT2D eigenvalue weighted by molar-refractivity contribution is -0.111. The van der Waals surface area contributed by atoms with Crippen molar-refractivity contribution in [3.05, 3.63) is 59.3 Å². The number of hydrogen-bond donors (Lipinski definition) is 1. The lowest BCUT2D eigenvalue weighted by atomic mass is 10.0. The predicted molar refractivity (Wildman–Crippen MR) is 72.3 cm³/mol. The van der Waals surface area contributed by atoms with Crippen LogP contribution in [0.15, 0.2) is 53.8 Å². The van der Waals surface area contributed by atoms with Crippen LogP contribution in [0.1, 0.15) is 5.56 Å². The average molecular weight is 241 g/mol. The smallest absolute Gasteiger partial charge is 0.201 e. The van der Waals surface area contributed by atoms with Gasteiger partial charge in [0.05, 0.1) is 12.8 Å². The minimum absolute atomic E-state index is 0.00406. The highest BCUT2D eigenvalue weighted by atomic mass is 16.5. The van der Waals surface area contributed by atoms with E-state index < -0.39 is 0 Å². The summed E-state index contributed by atoms with van der Waals surface area (Å²) in [5.41, 5.74) is 2.66. The molecule has 3 nitrogen and oxygen atoms in total. The van der Waals surface area contributed by atoms with Gasteiger partial charge in [-0.25, -0.2) is 0 Å². The predicted octanol–water partition coefficient (Wildman–Crippen LogP) is 2.32. The second kappa shape index (κ2) is 5.36. The van der Waals surface area contributed by atoms with Gasteiger partial charge in [0.2, 0.25) is 5.78 Å². The summed E-state index contributed by atoms with van der Waals surface area (Å²) in [5.74, 6) is 0.836. The maximum atomic E-state index is 11.4. The van der Waals surface area contributed by atoms with E-state index in [0.29, 0.717) is 5.70 Å². The number of carbonyl (C=O) groups excluding carboxylic acids is 1. The molecule has 0 spiro atoms. The van der Waals surface area contributed by atoms with Crippen molar-refractivity contribution >= 4 is 11.9 Å². The fraction of sp³-hybridized carbons (Fsp3) is 0.133. The lowest BCUT2D eigenvalue weighted by Gasteiger charge is -2.08. The molecule has 0 unspecified atom stereocenters. The van der Waals surface area contributed by atoms with Crippen LogP contribution >= 0.6 is 0 Å². The van der Waals surface area contributed by atoms with Gasteiger partial charge in [-0.2, -0.15) is 0 Å². The molecule has 0 radical (unpaired) electrons. The Kier molecular flexibility index (Phi) is 3.63. The molecule has 1 aliphatic rings. The van der Waals surface area contributed by atoms with Gasteiger partial charge in [-0.05, 0) is 41.5 Å². The molecular formula is C15H15NO2. The third kappa shape index (κ3) is 2.69. The minimum atomic E-state index is 0.00406. The third-order valence-electron chi connectivity index (χ3n) is 2.72. The molecule has 0 heterocycles. The molecule has 0 saturated heterocycles. The highest BCUT2D eigenvalue weighted by Gasteiger charge is 2.08. The van der Waals surface area contributed by atoms with Crippen LogP contribution in [0.25, 0.3) is 6.08 Å². The number of methoxy groups -OCH3 is 1. The summed E-state index contributed by atoms with van der Waals surface area (Å²) >= 11 is 0. The number of ketones is 1. The van der Waals surface area contributed by atoms with E-state index in [1.807, 2.05) is 42.5 Å². The molecule has 0 atom stereocenters. The first kappa shape index (κ1) is 12.2. The number of rotatable bonds is 3. The summed E-state index contributed by atoms with van der Waals surface area (Å²) in [6, 6.07) is 7.77. The number of likely N-dealkylation sites (N-methyl/N-ethyl adjacent to an activating group) is 1. The molecule has 1 aliphatic carbocycles. The van der Waals surface area contributed by atoms with Crippen LogP contribution in [-0.2, 0) is 4.79 Å². The highest BCUT2D eigenvalue weighted by Crippen LogP contribution is 2.17. The fourth-order valence-electron chi connectivity index (χ4n) is 1.73. The summed E-state index contributed by atoms with van der Waals surface area (Å²) < 4.78 is 5.11. The largest absolute Gasteiger partial charge is 0.497 e. The topological polar surface area (TPSA) is 38.3 Å². The normalized spacial score (nSPS) is 16.7. The third-order valence-corrected chi connectivity index (χ3v) is 2.72. The van der Waals surface area contributed by atoms with Gasteiger partial charge in [-0.1, -0.05) is 18.2 Å². The molecule has 0 aliphatic heterocycles. The van der Waals surface area contributed by atoms with Gasteiger partial charge in [-0.3, -0.25) is 4.79 Å².